The zero-order valence-corrected chi connectivity index (χ0v) is 19.2. The molecule has 0 unspecified atom stereocenters. The lowest BCUT2D eigenvalue weighted by molar-refractivity contribution is -0.274. The molecule has 2 amide bonds. The summed E-state index contributed by atoms with van der Waals surface area (Å²) in [5, 5.41) is 8.33. The number of anilines is 3. The van der Waals surface area contributed by atoms with Crippen LogP contribution >= 0.6 is 0 Å². The highest BCUT2D eigenvalue weighted by molar-refractivity contribution is 5.99. The van der Waals surface area contributed by atoms with Crippen molar-refractivity contribution in [1.29, 1.82) is 0 Å². The Morgan fingerprint density at radius 2 is 1.86 bits per heavy atom. The lowest BCUT2D eigenvalue weighted by Gasteiger charge is -2.19. The Bertz CT molecular complexity index is 1400. The van der Waals surface area contributed by atoms with Crippen LogP contribution in [0.25, 0.3) is 11.0 Å². The van der Waals surface area contributed by atoms with Gasteiger partial charge in [0, 0.05) is 37.7 Å². The fraction of sp³-hybridized carbons (Fsp3) is 0.391. The van der Waals surface area contributed by atoms with Crippen LogP contribution in [0, 0.1) is 5.92 Å². The van der Waals surface area contributed by atoms with Gasteiger partial charge >= 0.3 is 6.36 Å². The summed E-state index contributed by atoms with van der Waals surface area (Å²) in [5.41, 5.74) is -0.299. The van der Waals surface area contributed by atoms with Gasteiger partial charge in [0.2, 0.25) is 5.91 Å². The molecule has 190 valence electrons. The van der Waals surface area contributed by atoms with E-state index in [2.05, 4.69) is 25.5 Å². The van der Waals surface area contributed by atoms with Crippen LogP contribution in [0.5, 0.6) is 5.75 Å². The van der Waals surface area contributed by atoms with Crippen molar-refractivity contribution < 1.29 is 27.5 Å². The number of ether oxygens (including phenoxy) is 1. The zero-order valence-electron chi connectivity index (χ0n) is 19.2. The van der Waals surface area contributed by atoms with Crippen LogP contribution in [0.2, 0.25) is 0 Å². The normalized spacial score (nSPS) is 15.8. The quantitative estimate of drug-likeness (QED) is 0.473. The molecule has 0 atom stereocenters. The van der Waals surface area contributed by atoms with E-state index in [4.69, 9.17) is 0 Å². The van der Waals surface area contributed by atoms with Gasteiger partial charge in [-0.25, -0.2) is 4.98 Å². The number of fused-ring (bicyclic) bond motifs is 1. The van der Waals surface area contributed by atoms with Crippen LogP contribution in [-0.4, -0.2) is 50.9 Å². The Morgan fingerprint density at radius 3 is 2.53 bits per heavy atom. The molecule has 5 rings (SSSR count). The second-order valence-electron chi connectivity index (χ2n) is 8.90. The first-order valence-electron chi connectivity index (χ1n) is 11.5. The van der Waals surface area contributed by atoms with Crippen molar-refractivity contribution in [2.75, 3.05) is 23.7 Å². The van der Waals surface area contributed by atoms with E-state index in [1.54, 1.807) is 4.90 Å². The Kier molecular flexibility index (Phi) is 5.85. The third-order valence-electron chi connectivity index (χ3n) is 6.13. The third kappa shape index (κ3) is 4.86. The van der Waals surface area contributed by atoms with Crippen molar-refractivity contribution in [1.82, 2.24) is 19.7 Å². The predicted molar refractivity (Wildman–Crippen MR) is 124 cm³/mol. The summed E-state index contributed by atoms with van der Waals surface area (Å²) in [5.74, 6) is -1.23. The highest BCUT2D eigenvalue weighted by Crippen LogP contribution is 2.36. The molecule has 3 heterocycles. The number of carbonyl (C=O) groups excluding carboxylic acids is 2. The summed E-state index contributed by atoms with van der Waals surface area (Å²) in [6.07, 6.45) is -1.82. The SMILES string of the molecule is Cn1[nH]c2nc(NC(=O)C3CC3)cc(Nc3ccc(C(=O)N4CCCC4)cc3OC(F)(F)F)c2c1=O. The predicted octanol–water partition coefficient (Wildman–Crippen LogP) is 3.49. The van der Waals surface area contributed by atoms with Crippen molar-refractivity contribution in [2.45, 2.75) is 32.0 Å². The number of rotatable bonds is 6. The molecule has 1 aromatic carbocycles. The van der Waals surface area contributed by atoms with E-state index < -0.39 is 17.7 Å². The average Bonchev–Trinajstić information content (AvgIpc) is 3.44. The molecule has 1 aliphatic carbocycles. The van der Waals surface area contributed by atoms with E-state index in [-0.39, 0.29) is 51.5 Å². The highest BCUT2D eigenvalue weighted by atomic mass is 19.4. The van der Waals surface area contributed by atoms with Gasteiger partial charge in [-0.05, 0) is 43.9 Å². The monoisotopic (exact) mass is 504 g/mol. The van der Waals surface area contributed by atoms with Crippen LogP contribution in [0.3, 0.4) is 0 Å². The molecule has 3 N–H and O–H groups in total. The van der Waals surface area contributed by atoms with Gasteiger partial charge in [0.25, 0.3) is 11.5 Å². The van der Waals surface area contributed by atoms with Crippen molar-refractivity contribution in [2.24, 2.45) is 13.0 Å². The second kappa shape index (κ2) is 8.88. The molecule has 2 fully saturated rings. The van der Waals surface area contributed by atoms with E-state index in [1.165, 1.54) is 29.9 Å². The average molecular weight is 504 g/mol. The summed E-state index contributed by atoms with van der Waals surface area (Å²) >= 11 is 0. The molecular weight excluding hydrogens is 481 g/mol. The lowest BCUT2D eigenvalue weighted by atomic mass is 10.1. The number of aromatic amines is 1. The molecule has 0 spiro atoms. The van der Waals surface area contributed by atoms with Gasteiger partial charge in [0.05, 0.1) is 11.4 Å². The Balaban J connectivity index is 1.54. The minimum atomic E-state index is -5.02. The molecule has 10 nitrogen and oxygen atoms in total. The molecular formula is C23H23F3N6O4. The molecule has 2 aromatic heterocycles. The number of halogens is 3. The van der Waals surface area contributed by atoms with Crippen molar-refractivity contribution >= 4 is 40.0 Å². The van der Waals surface area contributed by atoms with Crippen molar-refractivity contribution in [3.05, 3.63) is 40.2 Å². The summed E-state index contributed by atoms with van der Waals surface area (Å²) < 4.78 is 45.1. The molecule has 13 heteroatoms. The lowest BCUT2D eigenvalue weighted by Crippen LogP contribution is -2.27. The standard InChI is InChI=1S/C23H23F3N6O4/c1-31-22(35)18-15(11-17(28-19(18)30-31)29-20(33)12-4-5-12)27-14-7-6-13(10-16(14)36-23(24,25)26)21(34)32-8-2-3-9-32/h6-7,10-12H,2-5,8-9H2,1H3,(H3,27,28,29,30,33). The fourth-order valence-electron chi connectivity index (χ4n) is 4.17. The van der Waals surface area contributed by atoms with Crippen LogP contribution in [0.1, 0.15) is 36.0 Å². The highest BCUT2D eigenvalue weighted by Gasteiger charge is 2.33. The molecule has 1 saturated heterocycles. The smallest absolute Gasteiger partial charge is 0.404 e. The number of likely N-dealkylation sites (tertiary alicyclic amines) is 1. The first kappa shape index (κ1) is 23.7. The van der Waals surface area contributed by atoms with Gasteiger partial charge in [-0.2, -0.15) is 0 Å². The molecule has 1 aliphatic heterocycles. The maximum absolute atomic E-state index is 13.2. The molecule has 0 radical (unpaired) electrons. The van der Waals surface area contributed by atoms with Gasteiger partial charge in [-0.3, -0.25) is 24.2 Å². The number of amides is 2. The van der Waals surface area contributed by atoms with Gasteiger partial charge in [-0.15, -0.1) is 13.2 Å². The van der Waals surface area contributed by atoms with Gasteiger partial charge in [0.1, 0.15) is 11.2 Å². The van der Waals surface area contributed by atoms with Gasteiger partial charge < -0.3 is 20.3 Å². The van der Waals surface area contributed by atoms with E-state index in [9.17, 15) is 27.6 Å². The van der Waals surface area contributed by atoms with Crippen molar-refractivity contribution in [3.8, 4) is 5.75 Å². The summed E-state index contributed by atoms with van der Waals surface area (Å²) in [6.45, 7) is 1.07. The summed E-state index contributed by atoms with van der Waals surface area (Å²) in [7, 11) is 1.47. The number of hydrogen-bond acceptors (Lipinski definition) is 6. The largest absolute Gasteiger partial charge is 0.573 e. The molecule has 36 heavy (non-hydrogen) atoms. The Hall–Kier alpha value is -4.03. The number of aromatic nitrogens is 3. The minimum absolute atomic E-state index is 0.0523. The second-order valence-corrected chi connectivity index (χ2v) is 8.90. The summed E-state index contributed by atoms with van der Waals surface area (Å²) in [4.78, 5) is 43.5. The fourth-order valence-corrected chi connectivity index (χ4v) is 4.17. The van der Waals surface area contributed by atoms with Crippen molar-refractivity contribution in [3.63, 3.8) is 0 Å². The van der Waals surface area contributed by atoms with Crippen LogP contribution < -0.4 is 20.9 Å². The van der Waals surface area contributed by atoms with Crippen LogP contribution in [0.4, 0.5) is 30.4 Å². The number of pyridine rings is 1. The maximum Gasteiger partial charge on any atom is 0.573 e. The molecule has 2 aliphatic rings. The Labute approximate surface area is 202 Å². The van der Waals surface area contributed by atoms with E-state index in [0.717, 1.165) is 31.7 Å². The van der Waals surface area contributed by atoms with E-state index in [1.807, 2.05) is 0 Å². The van der Waals surface area contributed by atoms with Gasteiger partial charge in [-0.1, -0.05) is 0 Å². The molecule has 0 bridgehead atoms. The first-order valence-corrected chi connectivity index (χ1v) is 11.5. The minimum Gasteiger partial charge on any atom is -0.404 e. The topological polar surface area (TPSA) is 121 Å². The summed E-state index contributed by atoms with van der Waals surface area (Å²) in [6, 6.07) is 5.09. The number of alkyl halides is 3. The Morgan fingerprint density at radius 1 is 1.14 bits per heavy atom. The van der Waals surface area contributed by atoms with Gasteiger partial charge in [0.15, 0.2) is 11.4 Å². The number of carbonyl (C=O) groups is 2. The maximum atomic E-state index is 13.2. The number of H-pyrrole nitrogens is 1. The number of hydrogen-bond donors (Lipinski definition) is 3. The number of nitrogens with one attached hydrogen (secondary N) is 3. The van der Waals surface area contributed by atoms with Crippen LogP contribution in [0.15, 0.2) is 29.1 Å². The van der Waals surface area contributed by atoms with Crippen LogP contribution in [-0.2, 0) is 11.8 Å². The first-order chi connectivity index (χ1) is 17.1. The molecule has 1 saturated carbocycles. The third-order valence-corrected chi connectivity index (χ3v) is 6.13. The number of nitrogens with zero attached hydrogens (tertiary/aromatic N) is 3. The number of benzene rings is 1. The number of aryl methyl sites for hydroxylation is 1. The van der Waals surface area contributed by atoms with E-state index in [0.29, 0.717) is 13.1 Å². The van der Waals surface area contributed by atoms with E-state index >= 15 is 0 Å². The zero-order chi connectivity index (χ0) is 25.6. The molecule has 3 aromatic rings.